The van der Waals surface area contributed by atoms with E-state index in [0.717, 1.165) is 13.0 Å². The van der Waals surface area contributed by atoms with Crippen molar-refractivity contribution in [3.8, 4) is 0 Å². The van der Waals surface area contributed by atoms with Crippen LogP contribution in [0.25, 0.3) is 0 Å². The molecule has 0 aliphatic heterocycles. The molecule has 0 radical (unpaired) electrons. The third-order valence-electron chi connectivity index (χ3n) is 2.60. The third-order valence-corrected chi connectivity index (χ3v) is 3.36. The minimum atomic E-state index is -0.0461. The summed E-state index contributed by atoms with van der Waals surface area (Å²) in [6, 6.07) is 0. The SMILES string of the molecule is CCCN(CC(C)(C)CN)C(=O)c1cncs1. The maximum absolute atomic E-state index is 12.2. The van der Waals surface area contributed by atoms with Crippen molar-refractivity contribution in [3.63, 3.8) is 0 Å². The van der Waals surface area contributed by atoms with Crippen LogP contribution in [-0.4, -0.2) is 35.4 Å². The minimum absolute atomic E-state index is 0.0461. The van der Waals surface area contributed by atoms with Crippen LogP contribution in [0, 0.1) is 5.41 Å². The smallest absolute Gasteiger partial charge is 0.265 e. The Labute approximate surface area is 107 Å². The lowest BCUT2D eigenvalue weighted by Crippen LogP contribution is -2.42. The number of thiazole rings is 1. The molecule has 0 fully saturated rings. The highest BCUT2D eigenvalue weighted by Gasteiger charge is 2.24. The molecule has 96 valence electrons. The monoisotopic (exact) mass is 255 g/mol. The van der Waals surface area contributed by atoms with E-state index >= 15 is 0 Å². The standard InChI is InChI=1S/C12H21N3OS/c1-4-5-15(8-12(2,3)7-13)11(16)10-6-14-9-17-10/h6,9H,4-5,7-8,13H2,1-3H3. The van der Waals surface area contributed by atoms with Gasteiger partial charge < -0.3 is 10.6 Å². The van der Waals surface area contributed by atoms with Crippen LogP contribution in [-0.2, 0) is 0 Å². The van der Waals surface area contributed by atoms with Gasteiger partial charge in [0, 0.05) is 13.1 Å². The van der Waals surface area contributed by atoms with E-state index in [2.05, 4.69) is 25.8 Å². The predicted molar refractivity (Wildman–Crippen MR) is 71.1 cm³/mol. The highest BCUT2D eigenvalue weighted by Crippen LogP contribution is 2.18. The molecule has 0 atom stereocenters. The van der Waals surface area contributed by atoms with Gasteiger partial charge >= 0.3 is 0 Å². The Balaban J connectivity index is 2.75. The van der Waals surface area contributed by atoms with Crippen molar-refractivity contribution in [3.05, 3.63) is 16.6 Å². The van der Waals surface area contributed by atoms with Gasteiger partial charge in [0.1, 0.15) is 4.88 Å². The molecule has 1 amide bonds. The molecule has 0 aliphatic carbocycles. The Bertz CT molecular complexity index is 349. The number of hydrogen-bond acceptors (Lipinski definition) is 4. The molecule has 0 saturated carbocycles. The Hall–Kier alpha value is -0.940. The molecule has 0 spiro atoms. The third kappa shape index (κ3) is 4.09. The first-order valence-corrected chi connectivity index (χ1v) is 6.76. The average Bonchev–Trinajstić information content (AvgIpc) is 2.81. The maximum atomic E-state index is 12.2. The predicted octanol–water partition coefficient (Wildman–Crippen LogP) is 1.98. The van der Waals surface area contributed by atoms with Gasteiger partial charge in [0.2, 0.25) is 0 Å². The first-order chi connectivity index (χ1) is 8.00. The van der Waals surface area contributed by atoms with Crippen molar-refractivity contribution in [2.75, 3.05) is 19.6 Å². The van der Waals surface area contributed by atoms with Crippen molar-refractivity contribution in [1.29, 1.82) is 0 Å². The molecule has 17 heavy (non-hydrogen) atoms. The van der Waals surface area contributed by atoms with Crippen molar-refractivity contribution >= 4 is 17.2 Å². The second-order valence-electron chi connectivity index (χ2n) is 4.96. The quantitative estimate of drug-likeness (QED) is 0.845. The molecular formula is C12H21N3OS. The molecule has 2 N–H and O–H groups in total. The van der Waals surface area contributed by atoms with Crippen LogP contribution in [0.1, 0.15) is 36.9 Å². The van der Waals surface area contributed by atoms with E-state index in [1.54, 1.807) is 11.7 Å². The summed E-state index contributed by atoms with van der Waals surface area (Å²) in [7, 11) is 0. The van der Waals surface area contributed by atoms with Crippen LogP contribution >= 0.6 is 11.3 Å². The normalized spacial score (nSPS) is 11.5. The van der Waals surface area contributed by atoms with E-state index in [1.807, 2.05) is 4.90 Å². The maximum Gasteiger partial charge on any atom is 0.265 e. The van der Waals surface area contributed by atoms with E-state index in [0.29, 0.717) is 18.0 Å². The summed E-state index contributed by atoms with van der Waals surface area (Å²) in [6.45, 7) is 8.26. The lowest BCUT2D eigenvalue weighted by molar-refractivity contribution is 0.0694. The van der Waals surface area contributed by atoms with Gasteiger partial charge in [0.15, 0.2) is 0 Å². The van der Waals surface area contributed by atoms with Crippen molar-refractivity contribution in [2.45, 2.75) is 27.2 Å². The number of carbonyl (C=O) groups is 1. The molecule has 1 aromatic heterocycles. The second-order valence-corrected chi connectivity index (χ2v) is 5.85. The summed E-state index contributed by atoms with van der Waals surface area (Å²) in [5.41, 5.74) is 7.36. The molecular weight excluding hydrogens is 234 g/mol. The second kappa shape index (κ2) is 6.12. The lowest BCUT2D eigenvalue weighted by Gasteiger charge is -2.31. The van der Waals surface area contributed by atoms with Gasteiger partial charge in [-0.3, -0.25) is 9.78 Å². The van der Waals surface area contributed by atoms with E-state index in [4.69, 9.17) is 5.73 Å². The van der Waals surface area contributed by atoms with Crippen molar-refractivity contribution in [1.82, 2.24) is 9.88 Å². The number of amides is 1. The number of carbonyl (C=O) groups excluding carboxylic acids is 1. The molecule has 1 aromatic rings. The molecule has 0 aromatic carbocycles. The number of aromatic nitrogens is 1. The first-order valence-electron chi connectivity index (χ1n) is 5.88. The number of nitrogens with zero attached hydrogens (tertiary/aromatic N) is 2. The summed E-state index contributed by atoms with van der Waals surface area (Å²) >= 11 is 1.39. The van der Waals surface area contributed by atoms with Crippen molar-refractivity contribution < 1.29 is 4.79 Å². The highest BCUT2D eigenvalue weighted by molar-refractivity contribution is 7.11. The molecule has 0 saturated heterocycles. The number of rotatable bonds is 6. The Morgan fingerprint density at radius 2 is 2.29 bits per heavy atom. The van der Waals surface area contributed by atoms with Crippen LogP contribution in [0.15, 0.2) is 11.7 Å². The topological polar surface area (TPSA) is 59.2 Å². The summed E-state index contributed by atoms with van der Waals surface area (Å²) in [5.74, 6) is 0.0656. The Morgan fingerprint density at radius 3 is 2.76 bits per heavy atom. The van der Waals surface area contributed by atoms with Gasteiger partial charge in [-0.05, 0) is 18.4 Å². The van der Waals surface area contributed by atoms with Gasteiger partial charge in [0.25, 0.3) is 5.91 Å². The van der Waals surface area contributed by atoms with Crippen molar-refractivity contribution in [2.24, 2.45) is 11.1 Å². The fourth-order valence-corrected chi connectivity index (χ4v) is 2.17. The first kappa shape index (κ1) is 14.1. The summed E-state index contributed by atoms with van der Waals surface area (Å²) in [5, 5.41) is 0. The van der Waals surface area contributed by atoms with E-state index in [9.17, 15) is 4.79 Å². The molecule has 0 aliphatic rings. The highest BCUT2D eigenvalue weighted by atomic mass is 32.1. The zero-order valence-corrected chi connectivity index (χ0v) is 11.6. The average molecular weight is 255 g/mol. The van der Waals surface area contributed by atoms with E-state index in [1.165, 1.54) is 11.3 Å². The fourth-order valence-electron chi connectivity index (χ4n) is 1.58. The zero-order valence-electron chi connectivity index (χ0n) is 10.8. The summed E-state index contributed by atoms with van der Waals surface area (Å²) < 4.78 is 0. The Kier molecular flexibility index (Phi) is 5.08. The van der Waals surface area contributed by atoms with Gasteiger partial charge in [-0.2, -0.15) is 0 Å². The minimum Gasteiger partial charge on any atom is -0.337 e. The largest absolute Gasteiger partial charge is 0.337 e. The molecule has 4 nitrogen and oxygen atoms in total. The summed E-state index contributed by atoms with van der Waals surface area (Å²) in [4.78, 5) is 18.8. The van der Waals surface area contributed by atoms with Crippen LogP contribution in [0.5, 0.6) is 0 Å². The molecule has 1 heterocycles. The number of nitrogens with two attached hydrogens (primary N) is 1. The van der Waals surface area contributed by atoms with E-state index in [-0.39, 0.29) is 11.3 Å². The van der Waals surface area contributed by atoms with Crippen LogP contribution in [0.4, 0.5) is 0 Å². The van der Waals surface area contributed by atoms with Crippen LogP contribution < -0.4 is 5.73 Å². The molecule has 1 rings (SSSR count). The Morgan fingerprint density at radius 1 is 1.59 bits per heavy atom. The van der Waals surface area contributed by atoms with Gasteiger partial charge in [-0.1, -0.05) is 20.8 Å². The zero-order chi connectivity index (χ0) is 12.9. The summed E-state index contributed by atoms with van der Waals surface area (Å²) in [6.07, 6.45) is 2.58. The number of hydrogen-bond donors (Lipinski definition) is 1. The van der Waals surface area contributed by atoms with Crippen LogP contribution in [0.3, 0.4) is 0 Å². The van der Waals surface area contributed by atoms with E-state index < -0.39 is 0 Å². The van der Waals surface area contributed by atoms with Gasteiger partial charge in [-0.25, -0.2) is 0 Å². The fraction of sp³-hybridized carbons (Fsp3) is 0.667. The lowest BCUT2D eigenvalue weighted by atomic mass is 9.93. The molecule has 0 unspecified atom stereocenters. The molecule has 0 bridgehead atoms. The van der Waals surface area contributed by atoms with Gasteiger partial charge in [-0.15, -0.1) is 11.3 Å². The molecule has 5 heteroatoms. The van der Waals surface area contributed by atoms with Gasteiger partial charge in [0.05, 0.1) is 11.7 Å². The van der Waals surface area contributed by atoms with Crippen LogP contribution in [0.2, 0.25) is 0 Å².